The molecule has 106 valence electrons. The van der Waals surface area contributed by atoms with Crippen molar-refractivity contribution in [2.75, 3.05) is 11.9 Å². The molecule has 20 heavy (non-hydrogen) atoms. The molecule has 0 aliphatic heterocycles. The summed E-state index contributed by atoms with van der Waals surface area (Å²) in [6.45, 7) is 5.71. The molecule has 0 fully saturated rings. The van der Waals surface area contributed by atoms with Crippen molar-refractivity contribution in [1.29, 1.82) is 0 Å². The molecule has 3 heteroatoms. The minimum atomic E-state index is 0.0791. The number of ether oxygens (including phenoxy) is 1. The fourth-order valence-electron chi connectivity index (χ4n) is 1.99. The van der Waals surface area contributed by atoms with Crippen LogP contribution in [-0.2, 0) is 11.3 Å². The molecule has 0 spiro atoms. The Bertz CT molecular complexity index is 513. The first-order valence-electron chi connectivity index (χ1n) is 7.15. The smallest absolute Gasteiger partial charge is 0.131 e. The van der Waals surface area contributed by atoms with Gasteiger partial charge in [-0.1, -0.05) is 43.3 Å². The van der Waals surface area contributed by atoms with Crippen LogP contribution in [0.25, 0.3) is 0 Å². The van der Waals surface area contributed by atoms with Crippen LogP contribution >= 0.6 is 0 Å². The molecule has 1 aromatic carbocycles. The van der Waals surface area contributed by atoms with Crippen molar-refractivity contribution in [3.63, 3.8) is 0 Å². The first kappa shape index (κ1) is 14.5. The molecule has 1 unspecified atom stereocenters. The topological polar surface area (TPSA) is 34.2 Å². The van der Waals surface area contributed by atoms with Gasteiger partial charge in [0.25, 0.3) is 0 Å². The number of nitrogens with one attached hydrogen (secondary N) is 1. The fourth-order valence-corrected chi connectivity index (χ4v) is 1.99. The summed E-state index contributed by atoms with van der Waals surface area (Å²) in [5, 5.41) is 3.34. The van der Waals surface area contributed by atoms with Crippen LogP contribution in [0, 0.1) is 0 Å². The first-order chi connectivity index (χ1) is 9.81. The lowest BCUT2D eigenvalue weighted by atomic mass is 10.1. The van der Waals surface area contributed by atoms with Gasteiger partial charge in [0.2, 0.25) is 0 Å². The molecule has 0 aliphatic rings. The Morgan fingerprint density at radius 2 is 1.95 bits per heavy atom. The maximum atomic E-state index is 5.95. The van der Waals surface area contributed by atoms with Crippen molar-refractivity contribution in [3.05, 3.63) is 59.8 Å². The summed E-state index contributed by atoms with van der Waals surface area (Å²) in [5.41, 5.74) is 2.29. The van der Waals surface area contributed by atoms with E-state index in [4.69, 9.17) is 4.74 Å². The summed E-state index contributed by atoms with van der Waals surface area (Å²) in [6.07, 6.45) is 2.97. The van der Waals surface area contributed by atoms with Gasteiger partial charge in [-0.25, -0.2) is 4.98 Å². The first-order valence-corrected chi connectivity index (χ1v) is 7.15. The highest BCUT2D eigenvalue weighted by Gasteiger charge is 2.08. The average Bonchev–Trinajstić information content (AvgIpc) is 2.52. The molecule has 0 amide bonds. The van der Waals surface area contributed by atoms with Gasteiger partial charge in [0, 0.05) is 18.3 Å². The number of aromatic nitrogens is 1. The zero-order valence-corrected chi connectivity index (χ0v) is 12.2. The molecule has 2 aromatic rings. The monoisotopic (exact) mass is 270 g/mol. The second kappa shape index (κ2) is 7.65. The molecular weight excluding hydrogens is 248 g/mol. The van der Waals surface area contributed by atoms with Crippen LogP contribution in [0.4, 0.5) is 5.82 Å². The largest absolute Gasteiger partial charge is 0.370 e. The van der Waals surface area contributed by atoms with E-state index < -0.39 is 0 Å². The van der Waals surface area contributed by atoms with Crippen molar-refractivity contribution < 1.29 is 4.74 Å². The summed E-state index contributed by atoms with van der Waals surface area (Å²) in [6, 6.07) is 14.3. The van der Waals surface area contributed by atoms with E-state index in [2.05, 4.69) is 42.3 Å². The lowest BCUT2D eigenvalue weighted by Crippen LogP contribution is -2.07. The van der Waals surface area contributed by atoms with Gasteiger partial charge < -0.3 is 10.1 Å². The molecule has 0 aliphatic carbocycles. The highest BCUT2D eigenvalue weighted by atomic mass is 16.5. The fraction of sp³-hybridized carbons (Fsp3) is 0.353. The molecular formula is C17H22N2O. The maximum Gasteiger partial charge on any atom is 0.131 e. The standard InChI is InChI=1S/C17H22N2O/c1-3-11-18-17-16(10-7-12-19-17)13-20-14(2)15-8-5-4-6-9-15/h4-10,12,14H,3,11,13H2,1-2H3,(H,18,19). The van der Waals surface area contributed by atoms with Crippen molar-refractivity contribution >= 4 is 5.82 Å². The van der Waals surface area contributed by atoms with E-state index in [0.717, 1.165) is 24.3 Å². The summed E-state index contributed by atoms with van der Waals surface area (Å²) < 4.78 is 5.95. The third-order valence-corrected chi connectivity index (χ3v) is 3.19. The number of benzene rings is 1. The van der Waals surface area contributed by atoms with E-state index in [1.54, 1.807) is 0 Å². The van der Waals surface area contributed by atoms with Crippen LogP contribution < -0.4 is 5.32 Å². The van der Waals surface area contributed by atoms with Gasteiger partial charge in [-0.2, -0.15) is 0 Å². The normalized spacial score (nSPS) is 12.1. The van der Waals surface area contributed by atoms with Gasteiger partial charge in [0.1, 0.15) is 5.82 Å². The molecule has 0 saturated heterocycles. The second-order valence-corrected chi connectivity index (χ2v) is 4.80. The summed E-state index contributed by atoms with van der Waals surface area (Å²) >= 11 is 0. The highest BCUT2D eigenvalue weighted by molar-refractivity contribution is 5.43. The van der Waals surface area contributed by atoms with Crippen molar-refractivity contribution in [2.45, 2.75) is 33.0 Å². The third-order valence-electron chi connectivity index (χ3n) is 3.19. The van der Waals surface area contributed by atoms with Crippen LogP contribution in [0.5, 0.6) is 0 Å². The van der Waals surface area contributed by atoms with E-state index in [1.807, 2.05) is 30.5 Å². The molecule has 0 saturated carbocycles. The average molecular weight is 270 g/mol. The predicted molar refractivity (Wildman–Crippen MR) is 82.7 cm³/mol. The number of rotatable bonds is 7. The zero-order valence-electron chi connectivity index (χ0n) is 12.2. The van der Waals surface area contributed by atoms with Gasteiger partial charge in [-0.3, -0.25) is 0 Å². The summed E-state index contributed by atoms with van der Waals surface area (Å²) in [5.74, 6) is 0.926. The van der Waals surface area contributed by atoms with Gasteiger partial charge in [-0.05, 0) is 25.0 Å². The zero-order chi connectivity index (χ0) is 14.2. The molecule has 1 aromatic heterocycles. The molecule has 0 bridgehead atoms. The minimum absolute atomic E-state index is 0.0791. The van der Waals surface area contributed by atoms with Crippen molar-refractivity contribution in [1.82, 2.24) is 4.98 Å². The lowest BCUT2D eigenvalue weighted by Gasteiger charge is -2.15. The summed E-state index contributed by atoms with van der Waals surface area (Å²) in [4.78, 5) is 4.38. The van der Waals surface area contributed by atoms with Crippen molar-refractivity contribution in [3.8, 4) is 0 Å². The van der Waals surface area contributed by atoms with Gasteiger partial charge in [0.05, 0.1) is 12.7 Å². The van der Waals surface area contributed by atoms with E-state index in [9.17, 15) is 0 Å². The Kier molecular flexibility index (Phi) is 5.56. The maximum absolute atomic E-state index is 5.95. The Morgan fingerprint density at radius 1 is 1.15 bits per heavy atom. The van der Waals surface area contributed by atoms with E-state index in [-0.39, 0.29) is 6.10 Å². The quantitative estimate of drug-likeness (QED) is 0.819. The van der Waals surface area contributed by atoms with Crippen LogP contribution in [0.1, 0.15) is 37.5 Å². The number of pyridine rings is 1. The lowest BCUT2D eigenvalue weighted by molar-refractivity contribution is 0.0527. The molecule has 1 atom stereocenters. The second-order valence-electron chi connectivity index (χ2n) is 4.80. The van der Waals surface area contributed by atoms with Crippen LogP contribution in [0.3, 0.4) is 0 Å². The Morgan fingerprint density at radius 3 is 2.70 bits per heavy atom. The SMILES string of the molecule is CCCNc1ncccc1COC(C)c1ccccc1. The Hall–Kier alpha value is -1.87. The predicted octanol–water partition coefficient (Wildman–Crippen LogP) is 4.18. The van der Waals surface area contributed by atoms with Gasteiger partial charge in [0.15, 0.2) is 0 Å². The van der Waals surface area contributed by atoms with E-state index in [0.29, 0.717) is 6.61 Å². The molecule has 1 N–H and O–H groups in total. The van der Waals surface area contributed by atoms with Crippen LogP contribution in [-0.4, -0.2) is 11.5 Å². The molecule has 0 radical (unpaired) electrons. The highest BCUT2D eigenvalue weighted by Crippen LogP contribution is 2.20. The number of hydrogen-bond acceptors (Lipinski definition) is 3. The third kappa shape index (κ3) is 4.07. The molecule has 2 rings (SSSR count). The minimum Gasteiger partial charge on any atom is -0.370 e. The Labute approximate surface area is 121 Å². The van der Waals surface area contributed by atoms with Crippen molar-refractivity contribution in [2.24, 2.45) is 0 Å². The Balaban J connectivity index is 1.96. The van der Waals surface area contributed by atoms with Gasteiger partial charge in [-0.15, -0.1) is 0 Å². The number of hydrogen-bond donors (Lipinski definition) is 1. The molecule has 3 nitrogen and oxygen atoms in total. The number of nitrogens with zero attached hydrogens (tertiary/aromatic N) is 1. The van der Waals surface area contributed by atoms with Crippen LogP contribution in [0.15, 0.2) is 48.7 Å². The van der Waals surface area contributed by atoms with Gasteiger partial charge >= 0.3 is 0 Å². The summed E-state index contributed by atoms with van der Waals surface area (Å²) in [7, 11) is 0. The molecule has 1 heterocycles. The number of anilines is 1. The van der Waals surface area contributed by atoms with E-state index >= 15 is 0 Å². The van der Waals surface area contributed by atoms with E-state index in [1.165, 1.54) is 5.56 Å². The van der Waals surface area contributed by atoms with Crippen LogP contribution in [0.2, 0.25) is 0 Å².